The Kier molecular flexibility index (Phi) is 9.86. The Labute approximate surface area is 178 Å². The zero-order valence-corrected chi connectivity index (χ0v) is 17.1. The molecule has 0 bridgehead atoms. The van der Waals surface area contributed by atoms with Crippen molar-refractivity contribution in [3.8, 4) is 5.75 Å². The molecule has 0 saturated carbocycles. The molecular weight excluding hydrogens is 412 g/mol. The summed E-state index contributed by atoms with van der Waals surface area (Å²) in [5.74, 6) is -4.01. The maximum atomic E-state index is 12.8. The Hall–Kier alpha value is -3.22. The van der Waals surface area contributed by atoms with Gasteiger partial charge >= 0.3 is 5.97 Å². The van der Waals surface area contributed by atoms with Gasteiger partial charge in [0, 0.05) is 6.42 Å². The van der Waals surface area contributed by atoms with Gasteiger partial charge in [-0.1, -0.05) is 12.1 Å². The van der Waals surface area contributed by atoms with Gasteiger partial charge in [0.1, 0.15) is 17.8 Å². The van der Waals surface area contributed by atoms with Gasteiger partial charge in [0.15, 0.2) is 6.04 Å². The number of carbonyl (C=O) groups is 4. The van der Waals surface area contributed by atoms with Crippen molar-refractivity contribution >= 4 is 23.7 Å². The first-order valence-electron chi connectivity index (χ1n) is 9.43. The van der Waals surface area contributed by atoms with Crippen molar-refractivity contribution in [2.75, 3.05) is 6.54 Å². The quantitative estimate of drug-likeness (QED) is 0.178. The van der Waals surface area contributed by atoms with Crippen LogP contribution in [0.4, 0.5) is 0 Å². The summed E-state index contributed by atoms with van der Waals surface area (Å²) in [4.78, 5) is 48.1. The molecule has 0 saturated heterocycles. The number of carbonyl (C=O) groups excluding carboxylic acids is 3. The summed E-state index contributed by atoms with van der Waals surface area (Å²) in [6.07, 6.45) is -2.87. The molecule has 0 radical (unpaired) electrons. The lowest BCUT2D eigenvalue weighted by atomic mass is 10.0. The minimum absolute atomic E-state index is 0.00711. The van der Waals surface area contributed by atoms with Gasteiger partial charge < -0.3 is 42.1 Å². The third-order valence-corrected chi connectivity index (χ3v) is 4.32. The van der Waals surface area contributed by atoms with E-state index in [-0.39, 0.29) is 12.2 Å². The molecule has 12 nitrogen and oxygen atoms in total. The lowest BCUT2D eigenvalue weighted by molar-refractivity contribution is -0.146. The molecule has 0 aliphatic carbocycles. The van der Waals surface area contributed by atoms with E-state index in [2.05, 4.69) is 16.0 Å². The summed E-state index contributed by atoms with van der Waals surface area (Å²) in [5, 5.41) is 44.6. The van der Waals surface area contributed by atoms with E-state index in [1.54, 1.807) is 0 Å². The van der Waals surface area contributed by atoms with Gasteiger partial charge in [-0.15, -0.1) is 0 Å². The standard InChI is InChI=1S/C19H28N4O8/c1-9(24)15(18(29)23-16(10(2)25)19(30)31)22-17(28)13(21-14(27)8-20)7-11-3-5-12(26)6-4-11/h3-6,9-10,13,15-16,24-26H,7-8,20H2,1-2H3,(H,21,27)(H,22,28)(H,23,29)(H,30,31). The predicted octanol–water partition coefficient (Wildman–Crippen LogP) is -2.81. The van der Waals surface area contributed by atoms with Crippen LogP contribution in [0.1, 0.15) is 19.4 Å². The number of carboxylic acids is 1. The van der Waals surface area contributed by atoms with Gasteiger partial charge in [0.05, 0.1) is 18.8 Å². The number of amides is 3. The van der Waals surface area contributed by atoms with Crippen LogP contribution in [0.3, 0.4) is 0 Å². The van der Waals surface area contributed by atoms with Crippen LogP contribution in [0.5, 0.6) is 5.75 Å². The van der Waals surface area contributed by atoms with Gasteiger partial charge in [-0.3, -0.25) is 14.4 Å². The number of aromatic hydroxyl groups is 1. The molecule has 0 fully saturated rings. The van der Waals surface area contributed by atoms with Gasteiger partial charge in [0.25, 0.3) is 0 Å². The molecular formula is C19H28N4O8. The number of hydrogen-bond donors (Lipinski definition) is 8. The summed E-state index contributed by atoms with van der Waals surface area (Å²) >= 11 is 0. The number of phenolic OH excluding ortho intramolecular Hbond substituents is 1. The van der Waals surface area contributed by atoms with Crippen molar-refractivity contribution in [1.29, 1.82) is 0 Å². The lowest BCUT2D eigenvalue weighted by Gasteiger charge is -2.26. The fraction of sp³-hybridized carbons (Fsp3) is 0.474. The number of rotatable bonds is 11. The van der Waals surface area contributed by atoms with Crippen LogP contribution < -0.4 is 21.7 Å². The average molecular weight is 440 g/mol. The molecule has 0 aliphatic heterocycles. The number of aliphatic carboxylic acids is 1. The highest BCUT2D eigenvalue weighted by Gasteiger charge is 2.33. The minimum Gasteiger partial charge on any atom is -0.508 e. The normalized spacial score (nSPS) is 15.6. The summed E-state index contributed by atoms with van der Waals surface area (Å²) in [6, 6.07) is 1.45. The molecule has 0 spiro atoms. The van der Waals surface area contributed by atoms with E-state index in [0.29, 0.717) is 5.56 Å². The first-order chi connectivity index (χ1) is 14.5. The van der Waals surface area contributed by atoms with E-state index >= 15 is 0 Å². The van der Waals surface area contributed by atoms with Crippen molar-refractivity contribution in [2.45, 2.75) is 50.6 Å². The van der Waals surface area contributed by atoms with Crippen molar-refractivity contribution < 1.29 is 39.6 Å². The number of nitrogens with two attached hydrogens (primary N) is 1. The number of aliphatic hydroxyl groups excluding tert-OH is 2. The second-order valence-electron chi connectivity index (χ2n) is 6.99. The average Bonchev–Trinajstić information content (AvgIpc) is 2.69. The molecule has 1 aromatic carbocycles. The van der Waals surface area contributed by atoms with Gasteiger partial charge in [-0.2, -0.15) is 0 Å². The van der Waals surface area contributed by atoms with Crippen molar-refractivity contribution in [2.24, 2.45) is 5.73 Å². The fourth-order valence-corrected chi connectivity index (χ4v) is 2.62. The van der Waals surface area contributed by atoms with Gasteiger partial charge in [-0.05, 0) is 31.5 Å². The topological polar surface area (TPSA) is 211 Å². The summed E-state index contributed by atoms with van der Waals surface area (Å²) in [5.41, 5.74) is 5.86. The predicted molar refractivity (Wildman–Crippen MR) is 108 cm³/mol. The number of phenols is 1. The molecule has 172 valence electrons. The first-order valence-corrected chi connectivity index (χ1v) is 9.43. The van der Waals surface area contributed by atoms with E-state index in [9.17, 15) is 34.5 Å². The monoisotopic (exact) mass is 440 g/mol. The summed E-state index contributed by atoms with van der Waals surface area (Å²) < 4.78 is 0. The zero-order valence-electron chi connectivity index (χ0n) is 17.1. The summed E-state index contributed by atoms with van der Waals surface area (Å²) in [6.45, 7) is 1.97. The Bertz CT molecular complexity index is 782. The number of benzene rings is 1. The Morgan fingerprint density at radius 2 is 1.42 bits per heavy atom. The van der Waals surface area contributed by atoms with Crippen LogP contribution in [0, 0.1) is 0 Å². The zero-order chi connectivity index (χ0) is 23.7. The Morgan fingerprint density at radius 1 is 0.903 bits per heavy atom. The summed E-state index contributed by atoms with van der Waals surface area (Å²) in [7, 11) is 0. The third-order valence-electron chi connectivity index (χ3n) is 4.32. The largest absolute Gasteiger partial charge is 0.508 e. The highest BCUT2D eigenvalue weighted by atomic mass is 16.4. The number of hydrogen-bond acceptors (Lipinski definition) is 8. The van der Waals surface area contributed by atoms with E-state index in [1.807, 2.05) is 0 Å². The molecule has 1 rings (SSSR count). The molecule has 9 N–H and O–H groups in total. The molecule has 31 heavy (non-hydrogen) atoms. The smallest absolute Gasteiger partial charge is 0.328 e. The maximum Gasteiger partial charge on any atom is 0.328 e. The molecule has 0 aliphatic rings. The Morgan fingerprint density at radius 3 is 1.87 bits per heavy atom. The lowest BCUT2D eigenvalue weighted by Crippen LogP contribution is -2.60. The number of aliphatic hydroxyl groups is 2. The van der Waals surface area contributed by atoms with Crippen LogP contribution in [0.15, 0.2) is 24.3 Å². The first kappa shape index (κ1) is 25.8. The van der Waals surface area contributed by atoms with E-state index < -0.39 is 60.6 Å². The second kappa shape index (κ2) is 11.8. The third kappa shape index (κ3) is 8.20. The maximum absolute atomic E-state index is 12.8. The molecule has 12 heteroatoms. The number of nitrogens with one attached hydrogen (secondary N) is 3. The number of carboxylic acid groups (broad SMARTS) is 1. The van der Waals surface area contributed by atoms with E-state index in [1.165, 1.54) is 31.2 Å². The highest BCUT2D eigenvalue weighted by Crippen LogP contribution is 2.12. The fourth-order valence-electron chi connectivity index (χ4n) is 2.62. The molecule has 5 unspecified atom stereocenters. The second-order valence-corrected chi connectivity index (χ2v) is 6.99. The van der Waals surface area contributed by atoms with Crippen LogP contribution >= 0.6 is 0 Å². The van der Waals surface area contributed by atoms with Crippen LogP contribution in [-0.2, 0) is 25.6 Å². The van der Waals surface area contributed by atoms with Crippen molar-refractivity contribution in [3.05, 3.63) is 29.8 Å². The van der Waals surface area contributed by atoms with E-state index in [0.717, 1.165) is 6.92 Å². The van der Waals surface area contributed by atoms with Gasteiger partial charge in [-0.25, -0.2) is 4.79 Å². The van der Waals surface area contributed by atoms with Crippen LogP contribution in [0.25, 0.3) is 0 Å². The SMILES string of the molecule is CC(O)C(NC(=O)C(NC(=O)C(Cc1ccc(O)cc1)NC(=O)CN)C(C)O)C(=O)O. The molecule has 1 aromatic rings. The molecule has 3 amide bonds. The minimum atomic E-state index is -1.66. The van der Waals surface area contributed by atoms with Crippen LogP contribution in [-0.4, -0.2) is 81.0 Å². The Balaban J connectivity index is 3.01. The van der Waals surface area contributed by atoms with E-state index in [4.69, 9.17) is 10.8 Å². The molecule has 5 atom stereocenters. The highest BCUT2D eigenvalue weighted by molar-refractivity contribution is 5.94. The van der Waals surface area contributed by atoms with Crippen molar-refractivity contribution in [1.82, 2.24) is 16.0 Å². The molecule has 0 heterocycles. The van der Waals surface area contributed by atoms with Crippen LogP contribution in [0.2, 0.25) is 0 Å². The van der Waals surface area contributed by atoms with Gasteiger partial charge in [0.2, 0.25) is 17.7 Å². The molecule has 0 aromatic heterocycles. The van der Waals surface area contributed by atoms with Crippen molar-refractivity contribution in [3.63, 3.8) is 0 Å².